The van der Waals surface area contributed by atoms with E-state index in [2.05, 4.69) is 16.0 Å². The fourth-order valence-electron chi connectivity index (χ4n) is 5.27. The second kappa shape index (κ2) is 10.3. The molecule has 3 amide bonds. The lowest BCUT2D eigenvalue weighted by atomic mass is 9.85. The SMILES string of the molecule is CC(C)Oc1cccc(CN2CCC3(CC2)C(=O)N(Cc2ccccn2)C(=O)N3c2cccc(F)c2)c1. The molecule has 5 rings (SSSR count). The Morgan fingerprint density at radius 1 is 0.973 bits per heavy atom. The molecular weight excluding hydrogens is 471 g/mol. The highest BCUT2D eigenvalue weighted by Gasteiger charge is 2.58. The van der Waals surface area contributed by atoms with E-state index in [1.807, 2.05) is 38.1 Å². The molecule has 8 heteroatoms. The minimum absolute atomic E-state index is 0.0818. The molecule has 37 heavy (non-hydrogen) atoms. The summed E-state index contributed by atoms with van der Waals surface area (Å²) < 4.78 is 20.0. The molecule has 0 atom stereocenters. The molecule has 2 fully saturated rings. The summed E-state index contributed by atoms with van der Waals surface area (Å²) in [5, 5.41) is 0. The van der Waals surface area contributed by atoms with Crippen LogP contribution in [-0.4, -0.2) is 51.5 Å². The monoisotopic (exact) mass is 502 g/mol. The number of rotatable bonds is 7. The van der Waals surface area contributed by atoms with E-state index in [9.17, 15) is 14.0 Å². The van der Waals surface area contributed by atoms with Gasteiger partial charge in [-0.3, -0.25) is 24.5 Å². The van der Waals surface area contributed by atoms with Crippen molar-refractivity contribution < 1.29 is 18.7 Å². The number of hydrogen-bond donors (Lipinski definition) is 0. The van der Waals surface area contributed by atoms with Crippen molar-refractivity contribution in [1.29, 1.82) is 0 Å². The molecular formula is C29H31FN4O3. The molecule has 2 aromatic carbocycles. The number of nitrogens with zero attached hydrogens (tertiary/aromatic N) is 4. The number of piperidine rings is 1. The van der Waals surface area contributed by atoms with Crippen molar-refractivity contribution in [2.75, 3.05) is 18.0 Å². The number of benzene rings is 2. The molecule has 2 aliphatic rings. The van der Waals surface area contributed by atoms with Crippen LogP contribution in [0.1, 0.15) is 37.9 Å². The Hall–Kier alpha value is -3.78. The molecule has 0 radical (unpaired) electrons. The van der Waals surface area contributed by atoms with Crippen LogP contribution in [0.4, 0.5) is 14.9 Å². The van der Waals surface area contributed by atoms with Crippen LogP contribution in [0.5, 0.6) is 5.75 Å². The van der Waals surface area contributed by atoms with Gasteiger partial charge in [-0.1, -0.05) is 24.3 Å². The van der Waals surface area contributed by atoms with Gasteiger partial charge in [-0.15, -0.1) is 0 Å². The fourth-order valence-corrected chi connectivity index (χ4v) is 5.27. The van der Waals surface area contributed by atoms with Gasteiger partial charge in [0.15, 0.2) is 0 Å². The summed E-state index contributed by atoms with van der Waals surface area (Å²) in [5.74, 6) is 0.136. The number of ether oxygens (including phenoxy) is 1. The van der Waals surface area contributed by atoms with Crippen molar-refractivity contribution in [3.8, 4) is 5.75 Å². The first-order valence-corrected chi connectivity index (χ1v) is 12.7. The van der Waals surface area contributed by atoms with Crippen molar-refractivity contribution >= 4 is 17.6 Å². The van der Waals surface area contributed by atoms with Gasteiger partial charge in [-0.2, -0.15) is 0 Å². The highest BCUT2D eigenvalue weighted by Crippen LogP contribution is 2.41. The highest BCUT2D eigenvalue weighted by molar-refractivity contribution is 6.16. The Balaban J connectivity index is 1.38. The lowest BCUT2D eigenvalue weighted by Crippen LogP contribution is -2.56. The second-order valence-electron chi connectivity index (χ2n) is 9.93. The van der Waals surface area contributed by atoms with E-state index in [1.54, 1.807) is 30.5 Å². The Bertz CT molecular complexity index is 1270. The predicted octanol–water partition coefficient (Wildman–Crippen LogP) is 5.01. The lowest BCUT2D eigenvalue weighted by Gasteiger charge is -2.42. The number of imide groups is 1. The van der Waals surface area contributed by atoms with Gasteiger partial charge in [0, 0.05) is 31.5 Å². The summed E-state index contributed by atoms with van der Waals surface area (Å²) in [7, 11) is 0. The van der Waals surface area contributed by atoms with Crippen molar-refractivity contribution in [2.24, 2.45) is 0 Å². The molecule has 7 nitrogen and oxygen atoms in total. The first kappa shape index (κ1) is 24.9. The van der Waals surface area contributed by atoms with E-state index in [1.165, 1.54) is 21.9 Å². The number of carbonyl (C=O) groups excluding carboxylic acids is 2. The smallest absolute Gasteiger partial charge is 0.332 e. The first-order valence-electron chi connectivity index (χ1n) is 12.7. The molecule has 1 aromatic heterocycles. The van der Waals surface area contributed by atoms with Gasteiger partial charge in [0.1, 0.15) is 17.1 Å². The van der Waals surface area contributed by atoms with Gasteiger partial charge in [-0.25, -0.2) is 9.18 Å². The Morgan fingerprint density at radius 2 is 1.76 bits per heavy atom. The fraction of sp³-hybridized carbons (Fsp3) is 0.345. The summed E-state index contributed by atoms with van der Waals surface area (Å²) >= 11 is 0. The summed E-state index contributed by atoms with van der Waals surface area (Å²) in [5.41, 5.74) is 1.09. The van der Waals surface area contributed by atoms with E-state index in [0.29, 0.717) is 43.9 Å². The van der Waals surface area contributed by atoms with E-state index < -0.39 is 17.4 Å². The van der Waals surface area contributed by atoms with E-state index in [-0.39, 0.29) is 18.6 Å². The van der Waals surface area contributed by atoms with Crippen molar-refractivity contribution in [2.45, 2.75) is 51.4 Å². The van der Waals surface area contributed by atoms with Crippen LogP contribution in [0.15, 0.2) is 72.9 Å². The van der Waals surface area contributed by atoms with Crippen LogP contribution in [-0.2, 0) is 17.9 Å². The topological polar surface area (TPSA) is 66.0 Å². The van der Waals surface area contributed by atoms with E-state index >= 15 is 0 Å². The van der Waals surface area contributed by atoms with Crippen molar-refractivity contribution in [3.05, 3.63) is 90.0 Å². The molecule has 0 bridgehead atoms. The molecule has 0 saturated carbocycles. The largest absolute Gasteiger partial charge is 0.491 e. The third-order valence-corrected chi connectivity index (χ3v) is 6.97. The summed E-state index contributed by atoms with van der Waals surface area (Å²) in [4.78, 5) is 36.9. The quantitative estimate of drug-likeness (QED) is 0.425. The summed E-state index contributed by atoms with van der Waals surface area (Å²) in [6, 6.07) is 18.9. The minimum atomic E-state index is -1.06. The van der Waals surface area contributed by atoms with Crippen LogP contribution in [0, 0.1) is 5.82 Å². The van der Waals surface area contributed by atoms with Crippen molar-refractivity contribution in [1.82, 2.24) is 14.8 Å². The number of likely N-dealkylation sites (tertiary alicyclic amines) is 1. The van der Waals surface area contributed by atoms with Crippen LogP contribution in [0.25, 0.3) is 0 Å². The Morgan fingerprint density at radius 3 is 2.46 bits per heavy atom. The number of carbonyl (C=O) groups is 2. The number of anilines is 1. The number of aromatic nitrogens is 1. The maximum Gasteiger partial charge on any atom is 0.332 e. The Kier molecular flexibility index (Phi) is 6.93. The standard InChI is InChI=1S/C29H31FN4O3/c1-21(2)37-26-11-5-7-22(17-26)19-32-15-12-29(13-16-32)27(35)33(20-24-9-3-4-14-31-24)28(36)34(29)25-10-6-8-23(30)18-25/h3-11,14,17-18,21H,12-13,15-16,19-20H2,1-2H3. The maximum absolute atomic E-state index is 14.2. The third-order valence-electron chi connectivity index (χ3n) is 6.97. The van der Waals surface area contributed by atoms with Gasteiger partial charge < -0.3 is 4.74 Å². The molecule has 0 unspecified atom stereocenters. The molecule has 0 N–H and O–H groups in total. The number of halogens is 1. The number of pyridine rings is 1. The zero-order valence-corrected chi connectivity index (χ0v) is 21.1. The number of hydrogen-bond acceptors (Lipinski definition) is 5. The molecule has 3 aromatic rings. The molecule has 192 valence electrons. The lowest BCUT2D eigenvalue weighted by molar-refractivity contribution is -0.132. The van der Waals surface area contributed by atoms with Gasteiger partial charge in [0.2, 0.25) is 0 Å². The third kappa shape index (κ3) is 5.06. The van der Waals surface area contributed by atoms with Crippen molar-refractivity contribution in [3.63, 3.8) is 0 Å². The van der Waals surface area contributed by atoms with E-state index in [0.717, 1.165) is 11.3 Å². The van der Waals surface area contributed by atoms with Crippen LogP contribution in [0.3, 0.4) is 0 Å². The summed E-state index contributed by atoms with van der Waals surface area (Å²) in [6.45, 7) is 6.04. The first-order chi connectivity index (χ1) is 17.9. The second-order valence-corrected chi connectivity index (χ2v) is 9.93. The summed E-state index contributed by atoms with van der Waals surface area (Å²) in [6.07, 6.45) is 2.64. The molecule has 2 aliphatic heterocycles. The maximum atomic E-state index is 14.2. The van der Waals surface area contributed by atoms with Gasteiger partial charge in [0.25, 0.3) is 5.91 Å². The Labute approximate surface area is 216 Å². The molecule has 1 spiro atoms. The average molecular weight is 503 g/mol. The number of amides is 3. The zero-order chi connectivity index (χ0) is 26.0. The van der Waals surface area contributed by atoms with E-state index in [4.69, 9.17) is 4.74 Å². The predicted molar refractivity (Wildman–Crippen MR) is 139 cm³/mol. The van der Waals surface area contributed by atoms with Crippen LogP contribution < -0.4 is 9.64 Å². The van der Waals surface area contributed by atoms with Crippen LogP contribution in [0.2, 0.25) is 0 Å². The highest BCUT2D eigenvalue weighted by atomic mass is 19.1. The van der Waals surface area contributed by atoms with Crippen LogP contribution >= 0.6 is 0 Å². The van der Waals surface area contributed by atoms with Gasteiger partial charge >= 0.3 is 6.03 Å². The molecule has 3 heterocycles. The van der Waals surface area contributed by atoms with Gasteiger partial charge in [-0.05, 0) is 74.7 Å². The molecule has 0 aliphatic carbocycles. The number of urea groups is 1. The van der Waals surface area contributed by atoms with Gasteiger partial charge in [0.05, 0.1) is 18.3 Å². The normalized spacial score (nSPS) is 17.7. The average Bonchev–Trinajstić information content (AvgIpc) is 3.07. The zero-order valence-electron chi connectivity index (χ0n) is 21.1. The minimum Gasteiger partial charge on any atom is -0.491 e. The molecule has 2 saturated heterocycles.